The van der Waals surface area contributed by atoms with Crippen LogP contribution in [-0.2, 0) is 27.7 Å². The Morgan fingerprint density at radius 2 is 1.29 bits per heavy atom. The van der Waals surface area contributed by atoms with Crippen LogP contribution in [0.4, 0.5) is 0 Å². The highest BCUT2D eigenvalue weighted by Gasteiger charge is 2.35. The van der Waals surface area contributed by atoms with Crippen LogP contribution in [0.15, 0.2) is 0 Å². The minimum absolute atomic E-state index is 0.313. The second-order valence-electron chi connectivity index (χ2n) is 6.10. The summed E-state index contributed by atoms with van der Waals surface area (Å²) in [7, 11) is -5.47. The van der Waals surface area contributed by atoms with Gasteiger partial charge in [-0.25, -0.2) is 0 Å². The van der Waals surface area contributed by atoms with Crippen molar-refractivity contribution >= 4 is 37.9 Å². The van der Waals surface area contributed by atoms with Crippen LogP contribution in [0.25, 0.3) is 0 Å². The quantitative estimate of drug-likeness (QED) is 0.0923. The van der Waals surface area contributed by atoms with Gasteiger partial charge in [0.2, 0.25) is 0 Å². The molecule has 2 unspecified atom stereocenters. The first-order valence-electron chi connectivity index (χ1n) is 8.69. The van der Waals surface area contributed by atoms with E-state index in [1.807, 2.05) is 0 Å². The standard InChI is InChI=1S/C11H29B3O12P2/c12-10(3-17)25-8(1-15)5-23-27(19,20)7-28(21,22)24-6-9(2-16)26-11(4-18)14-13/h8-11,14-18H,1-7,12-13H2,(H,19,20)(H,21,22)/t8-,9-,10+,11+/m0/s1. The third kappa shape index (κ3) is 12.7. The predicted molar refractivity (Wildman–Crippen MR) is 106 cm³/mol. The summed E-state index contributed by atoms with van der Waals surface area (Å²) < 4.78 is 43.9. The summed E-state index contributed by atoms with van der Waals surface area (Å²) in [6.07, 6.45) is -2.03. The average molecular weight is 448 g/mol. The van der Waals surface area contributed by atoms with E-state index in [0.29, 0.717) is 7.17 Å². The van der Waals surface area contributed by atoms with Crippen LogP contribution in [0.5, 0.6) is 0 Å². The molecule has 0 aliphatic rings. The fraction of sp³-hybridized carbons (Fsp3) is 1.00. The lowest BCUT2D eigenvalue weighted by atomic mass is 9.52. The summed E-state index contributed by atoms with van der Waals surface area (Å²) in [6.45, 7) is -2.86. The van der Waals surface area contributed by atoms with Crippen molar-refractivity contribution in [1.29, 1.82) is 0 Å². The number of rotatable bonds is 17. The van der Waals surface area contributed by atoms with E-state index in [4.69, 9.17) is 33.8 Å². The Kier molecular flexibility index (Phi) is 14.4. The van der Waals surface area contributed by atoms with Crippen LogP contribution in [0.3, 0.4) is 0 Å². The lowest BCUT2D eigenvalue weighted by Crippen LogP contribution is -2.35. The maximum Gasteiger partial charge on any atom is 0.340 e. The van der Waals surface area contributed by atoms with Gasteiger partial charge in [-0.2, -0.15) is 0 Å². The molecule has 0 aromatic carbocycles. The van der Waals surface area contributed by atoms with E-state index in [2.05, 4.69) is 0 Å². The molecule has 0 amide bonds. The van der Waals surface area contributed by atoms with Crippen molar-refractivity contribution in [3.05, 3.63) is 0 Å². The molecule has 28 heavy (non-hydrogen) atoms. The molecule has 6 atom stereocenters. The van der Waals surface area contributed by atoms with Gasteiger partial charge in [-0.15, -0.1) is 0 Å². The molecule has 164 valence electrons. The third-order valence-corrected chi connectivity index (χ3v) is 7.38. The molecule has 0 aromatic rings. The number of hydrogen-bond acceptors (Lipinski definition) is 10. The van der Waals surface area contributed by atoms with Gasteiger partial charge in [0.05, 0.1) is 47.4 Å². The van der Waals surface area contributed by atoms with Crippen molar-refractivity contribution in [3.8, 4) is 0 Å². The summed E-state index contributed by atoms with van der Waals surface area (Å²) in [6, 6.07) is -1.24. The van der Waals surface area contributed by atoms with Crippen LogP contribution in [-0.4, -0.2) is 123 Å². The molecule has 0 aliphatic carbocycles. The minimum Gasteiger partial charge on any atom is -0.395 e. The van der Waals surface area contributed by atoms with Crippen LogP contribution in [0.1, 0.15) is 0 Å². The summed E-state index contributed by atoms with van der Waals surface area (Å²) >= 11 is 0. The second-order valence-corrected chi connectivity index (χ2v) is 10.3. The molecule has 0 spiro atoms. The molecule has 0 bridgehead atoms. The first-order chi connectivity index (χ1) is 13.0. The van der Waals surface area contributed by atoms with Crippen LogP contribution < -0.4 is 0 Å². The van der Waals surface area contributed by atoms with Gasteiger partial charge in [0.15, 0.2) is 5.90 Å². The molecule has 0 aliphatic heterocycles. The molecule has 17 heteroatoms. The topological polar surface area (TPSA) is 192 Å². The van der Waals surface area contributed by atoms with Crippen molar-refractivity contribution in [2.24, 2.45) is 0 Å². The smallest absolute Gasteiger partial charge is 0.340 e. The molecule has 0 radical (unpaired) electrons. The van der Waals surface area contributed by atoms with Gasteiger partial charge in [-0.05, 0) is 0 Å². The molecule has 0 fully saturated rings. The summed E-state index contributed by atoms with van der Waals surface area (Å²) in [4.78, 5) is 19.5. The lowest BCUT2D eigenvalue weighted by molar-refractivity contribution is -0.0463. The van der Waals surface area contributed by atoms with E-state index in [-0.39, 0.29) is 13.2 Å². The Morgan fingerprint density at radius 1 is 0.821 bits per heavy atom. The Labute approximate surface area is 166 Å². The number of aliphatic hydroxyl groups is 4. The van der Waals surface area contributed by atoms with Crippen molar-refractivity contribution in [1.82, 2.24) is 0 Å². The monoisotopic (exact) mass is 448 g/mol. The van der Waals surface area contributed by atoms with Crippen molar-refractivity contribution < 1.29 is 57.9 Å². The van der Waals surface area contributed by atoms with Crippen LogP contribution in [0, 0.1) is 0 Å². The fourth-order valence-electron chi connectivity index (χ4n) is 1.89. The van der Waals surface area contributed by atoms with E-state index >= 15 is 0 Å². The largest absolute Gasteiger partial charge is 0.395 e. The Bertz CT molecular complexity index is 511. The minimum atomic E-state index is -4.58. The second kappa shape index (κ2) is 14.3. The predicted octanol–water partition coefficient (Wildman–Crippen LogP) is -4.64. The molecule has 12 nitrogen and oxygen atoms in total. The first-order valence-corrected chi connectivity index (χ1v) is 12.2. The highest BCUT2D eigenvalue weighted by molar-refractivity contribution is 7.70. The average Bonchev–Trinajstić information content (AvgIpc) is 2.64. The molecular weight excluding hydrogens is 418 g/mol. The van der Waals surface area contributed by atoms with Gasteiger partial charge in [0, 0.05) is 12.0 Å². The highest BCUT2D eigenvalue weighted by Crippen LogP contribution is 2.58. The fourth-order valence-corrected chi connectivity index (χ4v) is 5.15. The summed E-state index contributed by atoms with van der Waals surface area (Å²) in [5, 5.41) is 36.3. The zero-order chi connectivity index (χ0) is 21.8. The molecule has 0 saturated heterocycles. The Balaban J connectivity index is 4.62. The van der Waals surface area contributed by atoms with Gasteiger partial charge in [0.1, 0.15) is 27.2 Å². The van der Waals surface area contributed by atoms with Gasteiger partial charge < -0.3 is 48.7 Å². The maximum atomic E-state index is 12.0. The SMILES string of the molecule is BB[C@@H](CO)O[C@@H](CO)COP(=O)(O)CP(=O)(O)OC[C@H](CO)O[C@@H](B)CO. The zero-order valence-corrected chi connectivity index (χ0v) is 17.8. The lowest BCUT2D eigenvalue weighted by Gasteiger charge is -2.24. The maximum absolute atomic E-state index is 12.0. The van der Waals surface area contributed by atoms with Gasteiger partial charge in [-0.3, -0.25) is 9.13 Å². The van der Waals surface area contributed by atoms with Gasteiger partial charge >= 0.3 is 15.2 Å². The number of ether oxygens (including phenoxy) is 2. The number of aliphatic hydroxyl groups excluding tert-OH is 4. The first kappa shape index (κ1) is 28.3. The van der Waals surface area contributed by atoms with E-state index in [0.717, 1.165) is 0 Å². The van der Waals surface area contributed by atoms with Crippen LogP contribution >= 0.6 is 15.2 Å². The van der Waals surface area contributed by atoms with Gasteiger partial charge in [-0.1, -0.05) is 0 Å². The molecule has 0 saturated carbocycles. The molecule has 0 heterocycles. The van der Waals surface area contributed by atoms with Crippen LogP contribution in [0.2, 0.25) is 0 Å². The van der Waals surface area contributed by atoms with E-state index in [9.17, 15) is 24.0 Å². The van der Waals surface area contributed by atoms with Crippen molar-refractivity contribution in [3.63, 3.8) is 0 Å². The number of hydrogen-bond donors (Lipinski definition) is 6. The Hall–Kier alpha value is 0.255. The van der Waals surface area contributed by atoms with Gasteiger partial charge in [0.25, 0.3) is 0 Å². The highest BCUT2D eigenvalue weighted by atomic mass is 31.2. The normalized spacial score (nSPS) is 20.5. The molecule has 0 rings (SSSR count). The summed E-state index contributed by atoms with van der Waals surface area (Å²) in [5.74, 6) is -1.22. The molecule has 6 N–H and O–H groups in total. The molecule has 0 aromatic heterocycles. The summed E-state index contributed by atoms with van der Waals surface area (Å²) in [5.41, 5.74) is 0. The Morgan fingerprint density at radius 3 is 1.64 bits per heavy atom. The van der Waals surface area contributed by atoms with E-state index < -0.39 is 71.7 Å². The van der Waals surface area contributed by atoms with E-state index in [1.54, 1.807) is 7.74 Å². The van der Waals surface area contributed by atoms with E-state index in [1.165, 1.54) is 7.85 Å². The molecular formula is C11H29B3O12P2. The van der Waals surface area contributed by atoms with Crippen molar-refractivity contribution in [2.45, 2.75) is 24.2 Å². The third-order valence-electron chi connectivity index (χ3n) is 3.41. The van der Waals surface area contributed by atoms with Crippen molar-refractivity contribution in [2.75, 3.05) is 45.5 Å². The zero-order valence-electron chi connectivity index (χ0n) is 16.0.